The van der Waals surface area contributed by atoms with Crippen molar-refractivity contribution < 1.29 is 4.92 Å². The number of halogens is 1. The fourth-order valence-electron chi connectivity index (χ4n) is 2.81. The van der Waals surface area contributed by atoms with Crippen LogP contribution in [0.15, 0.2) is 24.3 Å². The van der Waals surface area contributed by atoms with Crippen LogP contribution >= 0.6 is 12.4 Å². The topological polar surface area (TPSA) is 72.4 Å². The zero-order valence-electron chi connectivity index (χ0n) is 11.7. The normalized spacial score (nSPS) is 21.0. The third kappa shape index (κ3) is 4.16. The fraction of sp³-hybridized carbons (Fsp3) is 0.571. The van der Waals surface area contributed by atoms with E-state index in [0.29, 0.717) is 6.04 Å². The second-order valence-electron chi connectivity index (χ2n) is 5.32. The van der Waals surface area contributed by atoms with Crippen LogP contribution in [0.2, 0.25) is 0 Å². The molecule has 2 N–H and O–H groups in total. The molecule has 2 atom stereocenters. The average molecular weight is 300 g/mol. The first-order valence-electron chi connectivity index (χ1n) is 6.81. The lowest BCUT2D eigenvalue weighted by molar-refractivity contribution is -0.384. The molecule has 2 unspecified atom stereocenters. The first kappa shape index (κ1) is 16.9. The molecule has 5 nitrogen and oxygen atoms in total. The van der Waals surface area contributed by atoms with Gasteiger partial charge < -0.3 is 5.73 Å². The minimum atomic E-state index is -0.345. The number of benzene rings is 1. The number of nitro groups is 1. The third-order valence-corrected chi connectivity index (χ3v) is 3.78. The van der Waals surface area contributed by atoms with Crippen molar-refractivity contribution in [2.45, 2.75) is 44.8 Å². The van der Waals surface area contributed by atoms with Gasteiger partial charge in [-0.1, -0.05) is 18.6 Å². The Hall–Kier alpha value is -1.17. The van der Waals surface area contributed by atoms with E-state index in [1.54, 1.807) is 12.1 Å². The summed E-state index contributed by atoms with van der Waals surface area (Å²) >= 11 is 0. The Balaban J connectivity index is 0.00000200. The first-order chi connectivity index (χ1) is 9.08. The lowest BCUT2D eigenvalue weighted by atomic mass is 9.96. The van der Waals surface area contributed by atoms with Gasteiger partial charge in [-0.25, -0.2) is 0 Å². The molecule has 0 saturated carbocycles. The lowest BCUT2D eigenvalue weighted by Crippen LogP contribution is -2.48. The summed E-state index contributed by atoms with van der Waals surface area (Å²) in [4.78, 5) is 12.8. The van der Waals surface area contributed by atoms with Crippen LogP contribution in [-0.2, 0) is 6.54 Å². The number of nitro benzene ring substituents is 1. The van der Waals surface area contributed by atoms with Crippen molar-refractivity contribution >= 4 is 18.1 Å². The first-order valence-corrected chi connectivity index (χ1v) is 6.81. The van der Waals surface area contributed by atoms with Gasteiger partial charge in [-0.15, -0.1) is 12.4 Å². The summed E-state index contributed by atoms with van der Waals surface area (Å²) in [6.07, 6.45) is 3.52. The highest BCUT2D eigenvalue weighted by molar-refractivity contribution is 5.85. The molecule has 6 heteroatoms. The standard InChI is InChI=1S/C14H21N3O2.ClH/c1-11(15)14-7-2-3-8-16(14)10-12-5-4-6-13(9-12)17(18)19;/h4-6,9,11,14H,2-3,7-8,10,15H2,1H3;1H. The molecular weight excluding hydrogens is 278 g/mol. The molecule has 0 bridgehead atoms. The third-order valence-electron chi connectivity index (χ3n) is 3.78. The van der Waals surface area contributed by atoms with Crippen LogP contribution in [0.1, 0.15) is 31.7 Å². The maximum atomic E-state index is 10.8. The van der Waals surface area contributed by atoms with E-state index in [4.69, 9.17) is 5.73 Å². The molecule has 2 rings (SSSR count). The second kappa shape index (κ2) is 7.57. The summed E-state index contributed by atoms with van der Waals surface area (Å²) in [5, 5.41) is 10.8. The summed E-state index contributed by atoms with van der Waals surface area (Å²) in [5.41, 5.74) is 7.19. The second-order valence-corrected chi connectivity index (χ2v) is 5.32. The van der Waals surface area contributed by atoms with Gasteiger partial charge in [0.1, 0.15) is 0 Å². The van der Waals surface area contributed by atoms with Crippen LogP contribution in [0.5, 0.6) is 0 Å². The Labute approximate surface area is 125 Å². The van der Waals surface area contributed by atoms with Crippen molar-refractivity contribution in [1.29, 1.82) is 0 Å². The number of nitrogens with zero attached hydrogens (tertiary/aromatic N) is 2. The highest BCUT2D eigenvalue weighted by Crippen LogP contribution is 2.22. The van der Waals surface area contributed by atoms with Crippen molar-refractivity contribution in [1.82, 2.24) is 4.90 Å². The molecule has 20 heavy (non-hydrogen) atoms. The van der Waals surface area contributed by atoms with E-state index in [0.717, 1.165) is 25.1 Å². The van der Waals surface area contributed by atoms with Crippen molar-refractivity contribution in [3.05, 3.63) is 39.9 Å². The monoisotopic (exact) mass is 299 g/mol. The number of hydrogen-bond donors (Lipinski definition) is 1. The van der Waals surface area contributed by atoms with E-state index in [2.05, 4.69) is 4.90 Å². The largest absolute Gasteiger partial charge is 0.327 e. The van der Waals surface area contributed by atoms with Crippen LogP contribution in [0.3, 0.4) is 0 Å². The summed E-state index contributed by atoms with van der Waals surface area (Å²) in [6, 6.07) is 7.40. The van der Waals surface area contributed by atoms with Gasteiger partial charge in [0.05, 0.1) is 4.92 Å². The molecule has 0 amide bonds. The molecule has 1 fully saturated rings. The van der Waals surface area contributed by atoms with Gasteiger partial charge in [0.2, 0.25) is 0 Å². The van der Waals surface area contributed by atoms with Gasteiger partial charge in [-0.3, -0.25) is 15.0 Å². The van der Waals surface area contributed by atoms with Gasteiger partial charge in [0.15, 0.2) is 0 Å². The van der Waals surface area contributed by atoms with Crippen LogP contribution in [0, 0.1) is 10.1 Å². The molecule has 1 aromatic rings. The highest BCUT2D eigenvalue weighted by atomic mass is 35.5. The number of rotatable bonds is 4. The Morgan fingerprint density at radius 2 is 2.25 bits per heavy atom. The number of hydrogen-bond acceptors (Lipinski definition) is 4. The van der Waals surface area contributed by atoms with E-state index in [-0.39, 0.29) is 29.1 Å². The van der Waals surface area contributed by atoms with Crippen molar-refractivity contribution in [2.24, 2.45) is 5.73 Å². The fourth-order valence-corrected chi connectivity index (χ4v) is 2.81. The minimum absolute atomic E-state index is 0. The van der Waals surface area contributed by atoms with Crippen LogP contribution < -0.4 is 5.73 Å². The van der Waals surface area contributed by atoms with E-state index >= 15 is 0 Å². The highest BCUT2D eigenvalue weighted by Gasteiger charge is 2.25. The van der Waals surface area contributed by atoms with Crippen LogP contribution in [0.4, 0.5) is 5.69 Å². The smallest absolute Gasteiger partial charge is 0.269 e. The summed E-state index contributed by atoms with van der Waals surface area (Å²) in [5.74, 6) is 0. The van der Waals surface area contributed by atoms with Crippen LogP contribution in [0.25, 0.3) is 0 Å². The van der Waals surface area contributed by atoms with Crippen molar-refractivity contribution in [2.75, 3.05) is 6.54 Å². The zero-order chi connectivity index (χ0) is 13.8. The van der Waals surface area contributed by atoms with Gasteiger partial charge in [-0.05, 0) is 31.9 Å². The predicted molar refractivity (Wildman–Crippen MR) is 82.0 cm³/mol. The molecule has 0 aromatic heterocycles. The molecular formula is C14H22ClN3O2. The Bertz CT molecular complexity index is 454. The molecule has 1 aromatic carbocycles. The molecule has 0 radical (unpaired) electrons. The van der Waals surface area contributed by atoms with Crippen molar-refractivity contribution in [3.63, 3.8) is 0 Å². The quantitative estimate of drug-likeness (QED) is 0.685. The van der Waals surface area contributed by atoms with Gasteiger partial charge in [-0.2, -0.15) is 0 Å². The molecule has 1 heterocycles. The van der Waals surface area contributed by atoms with Gasteiger partial charge in [0.25, 0.3) is 5.69 Å². The summed E-state index contributed by atoms with van der Waals surface area (Å²) < 4.78 is 0. The number of piperidine rings is 1. The van der Waals surface area contributed by atoms with E-state index in [1.807, 2.05) is 13.0 Å². The zero-order valence-corrected chi connectivity index (χ0v) is 12.5. The molecule has 112 valence electrons. The van der Waals surface area contributed by atoms with Crippen molar-refractivity contribution in [3.8, 4) is 0 Å². The summed E-state index contributed by atoms with van der Waals surface area (Å²) in [7, 11) is 0. The average Bonchev–Trinajstić information content (AvgIpc) is 2.39. The molecule has 0 aliphatic carbocycles. The van der Waals surface area contributed by atoms with Crippen LogP contribution in [-0.4, -0.2) is 28.5 Å². The van der Waals surface area contributed by atoms with E-state index in [1.165, 1.54) is 18.9 Å². The Kier molecular flexibility index (Phi) is 6.39. The predicted octanol–water partition coefficient (Wildman–Crippen LogP) is 2.72. The Morgan fingerprint density at radius 1 is 1.50 bits per heavy atom. The molecule has 1 saturated heterocycles. The summed E-state index contributed by atoms with van der Waals surface area (Å²) in [6.45, 7) is 3.80. The van der Waals surface area contributed by atoms with Gasteiger partial charge in [0, 0.05) is 30.8 Å². The van der Waals surface area contributed by atoms with E-state index < -0.39 is 0 Å². The molecule has 1 aliphatic rings. The lowest BCUT2D eigenvalue weighted by Gasteiger charge is -2.38. The molecule has 0 spiro atoms. The Morgan fingerprint density at radius 3 is 2.90 bits per heavy atom. The maximum absolute atomic E-state index is 10.8. The number of nitrogens with two attached hydrogens (primary N) is 1. The number of non-ortho nitro benzene ring substituents is 1. The van der Waals surface area contributed by atoms with E-state index in [9.17, 15) is 10.1 Å². The minimum Gasteiger partial charge on any atom is -0.327 e. The molecule has 1 aliphatic heterocycles. The number of likely N-dealkylation sites (tertiary alicyclic amines) is 1. The van der Waals surface area contributed by atoms with Gasteiger partial charge >= 0.3 is 0 Å². The SMILES string of the molecule is CC(N)C1CCCCN1Cc1cccc([N+](=O)[O-])c1.Cl. The maximum Gasteiger partial charge on any atom is 0.269 e.